The van der Waals surface area contributed by atoms with Crippen LogP contribution in [0.5, 0.6) is 0 Å². The Labute approximate surface area is 121 Å². The molecule has 1 rings (SSSR count). The average molecular weight is 357 g/mol. The van der Waals surface area contributed by atoms with E-state index in [1.54, 1.807) is 0 Å². The van der Waals surface area contributed by atoms with Crippen LogP contribution >= 0.6 is 24.0 Å². The van der Waals surface area contributed by atoms with Crippen LogP contribution in [0.15, 0.2) is 4.99 Å². The Kier molecular flexibility index (Phi) is 8.89. The molecule has 5 nitrogen and oxygen atoms in total. The molecule has 0 aromatic carbocycles. The molecular weight excluding hydrogens is 333 g/mol. The van der Waals surface area contributed by atoms with Crippen LogP contribution in [0.4, 0.5) is 0 Å². The number of nitrogens with two attached hydrogens (primary N) is 1. The van der Waals surface area contributed by atoms with Gasteiger partial charge >= 0.3 is 0 Å². The van der Waals surface area contributed by atoms with Gasteiger partial charge in [0, 0.05) is 13.1 Å². The molecule has 0 bridgehead atoms. The molecule has 1 fully saturated rings. The van der Waals surface area contributed by atoms with Crippen LogP contribution in [0.3, 0.4) is 0 Å². The van der Waals surface area contributed by atoms with Gasteiger partial charge in [-0.05, 0) is 20.8 Å². The van der Waals surface area contributed by atoms with E-state index in [1.165, 1.54) is 0 Å². The van der Waals surface area contributed by atoms with Crippen molar-refractivity contribution in [1.29, 1.82) is 0 Å². The summed E-state index contributed by atoms with van der Waals surface area (Å²) in [5.41, 5.74) is 5.89. The Morgan fingerprint density at radius 3 is 2.88 bits per heavy atom. The summed E-state index contributed by atoms with van der Waals surface area (Å²) < 4.78 is 10.8. The van der Waals surface area contributed by atoms with E-state index in [-0.39, 0.29) is 36.2 Å². The Morgan fingerprint density at radius 2 is 2.29 bits per heavy atom. The Morgan fingerprint density at radius 1 is 1.59 bits per heavy atom. The predicted molar refractivity (Wildman–Crippen MR) is 80.0 cm³/mol. The summed E-state index contributed by atoms with van der Waals surface area (Å²) in [6.45, 7) is 9.67. The zero-order chi connectivity index (χ0) is 12.0. The second-order valence-electron chi connectivity index (χ2n) is 4.29. The summed E-state index contributed by atoms with van der Waals surface area (Å²) in [4.78, 5) is 6.35. The van der Waals surface area contributed by atoms with Gasteiger partial charge in [-0.25, -0.2) is 0 Å². The molecule has 2 N–H and O–H groups in total. The normalized spacial score (nSPS) is 21.5. The molecule has 102 valence electrons. The maximum atomic E-state index is 5.89. The van der Waals surface area contributed by atoms with Gasteiger partial charge in [-0.2, -0.15) is 0 Å². The first kappa shape index (κ1) is 16.9. The van der Waals surface area contributed by atoms with Gasteiger partial charge in [-0.15, -0.1) is 24.0 Å². The second kappa shape index (κ2) is 8.93. The van der Waals surface area contributed by atoms with Gasteiger partial charge in [0.1, 0.15) is 0 Å². The van der Waals surface area contributed by atoms with Crippen molar-refractivity contribution < 1.29 is 9.47 Å². The van der Waals surface area contributed by atoms with E-state index in [9.17, 15) is 0 Å². The van der Waals surface area contributed by atoms with E-state index >= 15 is 0 Å². The quantitative estimate of drug-likeness (QED) is 0.354. The molecule has 0 aliphatic carbocycles. The standard InChI is InChI=1S/C11H23N3O2.HI/c1-9(2)15-6-4-13-11(12)14-5-7-16-10(3)8-14;/h9-10H,4-8H2,1-3H3,(H2,12,13);1H. The van der Waals surface area contributed by atoms with Crippen molar-refractivity contribution in [2.45, 2.75) is 33.0 Å². The molecular formula is C11H24IN3O2. The summed E-state index contributed by atoms with van der Waals surface area (Å²) >= 11 is 0. The largest absolute Gasteiger partial charge is 0.377 e. The lowest BCUT2D eigenvalue weighted by Gasteiger charge is -2.31. The summed E-state index contributed by atoms with van der Waals surface area (Å²) in [5.74, 6) is 0.600. The van der Waals surface area contributed by atoms with Gasteiger partial charge in [-0.1, -0.05) is 0 Å². The molecule has 1 unspecified atom stereocenters. The number of ether oxygens (including phenoxy) is 2. The molecule has 1 atom stereocenters. The van der Waals surface area contributed by atoms with Gasteiger partial charge in [-0.3, -0.25) is 4.99 Å². The van der Waals surface area contributed by atoms with Crippen LogP contribution in [0.25, 0.3) is 0 Å². The number of guanidine groups is 1. The van der Waals surface area contributed by atoms with Crippen LogP contribution in [-0.4, -0.2) is 55.9 Å². The lowest BCUT2D eigenvalue weighted by atomic mass is 10.3. The molecule has 0 aromatic rings. The first-order chi connectivity index (χ1) is 7.59. The number of rotatable bonds is 4. The van der Waals surface area contributed by atoms with Gasteiger partial charge in [0.25, 0.3) is 0 Å². The van der Waals surface area contributed by atoms with E-state index in [0.29, 0.717) is 19.1 Å². The number of morpholine rings is 1. The minimum Gasteiger partial charge on any atom is -0.377 e. The third-order valence-electron chi connectivity index (χ3n) is 2.38. The third kappa shape index (κ3) is 7.05. The zero-order valence-electron chi connectivity index (χ0n) is 10.9. The summed E-state index contributed by atoms with van der Waals surface area (Å²) in [6, 6.07) is 0. The third-order valence-corrected chi connectivity index (χ3v) is 2.38. The summed E-state index contributed by atoms with van der Waals surface area (Å²) in [5, 5.41) is 0. The van der Waals surface area contributed by atoms with Gasteiger partial charge in [0.2, 0.25) is 0 Å². The molecule has 1 aliphatic rings. The predicted octanol–water partition coefficient (Wildman–Crippen LogP) is 1.06. The summed E-state index contributed by atoms with van der Waals surface area (Å²) in [7, 11) is 0. The zero-order valence-corrected chi connectivity index (χ0v) is 13.2. The highest BCUT2D eigenvalue weighted by molar-refractivity contribution is 14.0. The number of halogens is 1. The number of nitrogens with zero attached hydrogens (tertiary/aromatic N) is 2. The average Bonchev–Trinajstić information content (AvgIpc) is 2.24. The highest BCUT2D eigenvalue weighted by Gasteiger charge is 2.17. The minimum absolute atomic E-state index is 0. The molecule has 0 spiro atoms. The highest BCUT2D eigenvalue weighted by Crippen LogP contribution is 2.03. The number of hydrogen-bond acceptors (Lipinski definition) is 3. The lowest BCUT2D eigenvalue weighted by molar-refractivity contribution is 0.00521. The lowest BCUT2D eigenvalue weighted by Crippen LogP contribution is -2.48. The van der Waals surface area contributed by atoms with Crippen molar-refractivity contribution in [3.05, 3.63) is 0 Å². The van der Waals surface area contributed by atoms with E-state index in [2.05, 4.69) is 9.89 Å². The van der Waals surface area contributed by atoms with Crippen LogP contribution < -0.4 is 5.73 Å². The van der Waals surface area contributed by atoms with Crippen molar-refractivity contribution in [2.75, 3.05) is 32.8 Å². The Hall–Kier alpha value is -0.0800. The minimum atomic E-state index is 0. The molecule has 0 saturated carbocycles. The molecule has 0 radical (unpaired) electrons. The van der Waals surface area contributed by atoms with Crippen LogP contribution in [0.2, 0.25) is 0 Å². The fraction of sp³-hybridized carbons (Fsp3) is 0.909. The van der Waals surface area contributed by atoms with Crippen molar-refractivity contribution in [1.82, 2.24) is 4.90 Å². The topological polar surface area (TPSA) is 60.1 Å². The second-order valence-corrected chi connectivity index (χ2v) is 4.29. The molecule has 1 aliphatic heterocycles. The SMILES string of the molecule is CC(C)OCCN=C(N)N1CCOC(C)C1.I. The maximum absolute atomic E-state index is 5.89. The first-order valence-electron chi connectivity index (χ1n) is 5.87. The maximum Gasteiger partial charge on any atom is 0.191 e. The molecule has 0 amide bonds. The highest BCUT2D eigenvalue weighted by atomic mass is 127. The van der Waals surface area contributed by atoms with Gasteiger partial charge < -0.3 is 20.1 Å². The molecule has 17 heavy (non-hydrogen) atoms. The van der Waals surface area contributed by atoms with Crippen molar-refractivity contribution in [2.24, 2.45) is 10.7 Å². The number of hydrogen-bond donors (Lipinski definition) is 1. The fourth-order valence-corrected chi connectivity index (χ4v) is 1.58. The van der Waals surface area contributed by atoms with Crippen LogP contribution in [0.1, 0.15) is 20.8 Å². The number of aliphatic imine (C=N–C) groups is 1. The smallest absolute Gasteiger partial charge is 0.191 e. The Bertz CT molecular complexity index is 237. The van der Waals surface area contributed by atoms with Gasteiger partial charge in [0.05, 0.1) is 32.0 Å². The fourth-order valence-electron chi connectivity index (χ4n) is 1.58. The molecule has 1 heterocycles. The van der Waals surface area contributed by atoms with Crippen LogP contribution in [0, 0.1) is 0 Å². The van der Waals surface area contributed by atoms with Gasteiger partial charge in [0.15, 0.2) is 5.96 Å². The van der Waals surface area contributed by atoms with E-state index in [1.807, 2.05) is 20.8 Å². The monoisotopic (exact) mass is 357 g/mol. The van der Waals surface area contributed by atoms with Crippen molar-refractivity contribution in [3.8, 4) is 0 Å². The van der Waals surface area contributed by atoms with E-state index in [0.717, 1.165) is 19.7 Å². The van der Waals surface area contributed by atoms with E-state index in [4.69, 9.17) is 15.2 Å². The van der Waals surface area contributed by atoms with E-state index < -0.39 is 0 Å². The first-order valence-corrected chi connectivity index (χ1v) is 5.87. The molecule has 1 saturated heterocycles. The molecule has 6 heteroatoms. The van der Waals surface area contributed by atoms with Crippen molar-refractivity contribution in [3.63, 3.8) is 0 Å². The summed E-state index contributed by atoms with van der Waals surface area (Å²) in [6.07, 6.45) is 0.481. The van der Waals surface area contributed by atoms with Crippen molar-refractivity contribution >= 4 is 29.9 Å². The Balaban J connectivity index is 0.00000256. The van der Waals surface area contributed by atoms with Crippen LogP contribution in [-0.2, 0) is 9.47 Å². The molecule has 0 aromatic heterocycles.